The van der Waals surface area contributed by atoms with Gasteiger partial charge in [-0.1, -0.05) is 38.1 Å². The maximum Gasteiger partial charge on any atom is 0.488 e. The summed E-state index contributed by atoms with van der Waals surface area (Å²) in [5.41, 5.74) is 1.78. The van der Waals surface area contributed by atoms with Crippen LogP contribution in [-0.4, -0.2) is 59.2 Å². The fraction of sp³-hybridized carbons (Fsp3) is 0.600. The van der Waals surface area contributed by atoms with Crippen LogP contribution in [0.5, 0.6) is 0 Å². The lowest BCUT2D eigenvalue weighted by atomic mass is 9.80. The van der Waals surface area contributed by atoms with Crippen molar-refractivity contribution in [1.29, 1.82) is 0 Å². The number of likely N-dealkylation sites (tertiary alicyclic amines) is 1. The molecule has 110 valence electrons. The van der Waals surface area contributed by atoms with Crippen LogP contribution in [0.1, 0.15) is 25.8 Å². The van der Waals surface area contributed by atoms with E-state index >= 15 is 0 Å². The molecule has 0 radical (unpaired) electrons. The van der Waals surface area contributed by atoms with Crippen LogP contribution in [0.2, 0.25) is 0 Å². The third-order valence-electron chi connectivity index (χ3n) is 4.26. The molecule has 1 aliphatic rings. The predicted octanol–water partition coefficient (Wildman–Crippen LogP) is 0.282. The highest BCUT2D eigenvalue weighted by Gasteiger charge is 2.25. The molecule has 1 fully saturated rings. The van der Waals surface area contributed by atoms with Crippen molar-refractivity contribution in [2.45, 2.75) is 32.9 Å². The fourth-order valence-corrected chi connectivity index (χ4v) is 3.05. The summed E-state index contributed by atoms with van der Waals surface area (Å²) < 4.78 is 0. The summed E-state index contributed by atoms with van der Waals surface area (Å²) in [5, 5.41) is 18.2. The summed E-state index contributed by atoms with van der Waals surface area (Å²) in [6, 6.07) is 8.23. The zero-order valence-electron chi connectivity index (χ0n) is 12.5. The van der Waals surface area contributed by atoms with Crippen molar-refractivity contribution in [3.05, 3.63) is 29.8 Å². The zero-order valence-corrected chi connectivity index (χ0v) is 12.5. The molecular formula is C15H25BN2O2. The lowest BCUT2D eigenvalue weighted by Crippen LogP contribution is -2.37. The van der Waals surface area contributed by atoms with Gasteiger partial charge in [0.05, 0.1) is 0 Å². The molecule has 2 rings (SSSR count). The van der Waals surface area contributed by atoms with E-state index in [1.807, 2.05) is 12.1 Å². The maximum atomic E-state index is 9.09. The Kier molecular flexibility index (Phi) is 5.60. The lowest BCUT2D eigenvalue weighted by Gasteiger charge is -2.26. The average Bonchev–Trinajstić information content (AvgIpc) is 2.89. The Labute approximate surface area is 122 Å². The molecule has 0 bridgehead atoms. The van der Waals surface area contributed by atoms with Crippen molar-refractivity contribution in [3.63, 3.8) is 0 Å². The minimum Gasteiger partial charge on any atom is -0.423 e. The first-order valence-corrected chi connectivity index (χ1v) is 7.55. The SMILES string of the molecule is CCN(CC)C1CCN(Cc2ccc(B(O)O)cc2)C1. The molecule has 1 atom stereocenters. The summed E-state index contributed by atoms with van der Waals surface area (Å²) >= 11 is 0. The molecule has 1 heterocycles. The molecule has 0 aliphatic carbocycles. The molecule has 1 saturated heterocycles. The number of likely N-dealkylation sites (N-methyl/N-ethyl adjacent to an activating group) is 1. The molecule has 1 aromatic carbocycles. The van der Waals surface area contributed by atoms with Crippen molar-refractivity contribution >= 4 is 12.6 Å². The van der Waals surface area contributed by atoms with Crippen LogP contribution in [0.25, 0.3) is 0 Å². The van der Waals surface area contributed by atoms with E-state index in [0.29, 0.717) is 11.5 Å². The van der Waals surface area contributed by atoms with E-state index in [1.54, 1.807) is 12.1 Å². The van der Waals surface area contributed by atoms with Crippen LogP contribution in [0.15, 0.2) is 24.3 Å². The van der Waals surface area contributed by atoms with Gasteiger partial charge in [-0.3, -0.25) is 9.80 Å². The number of hydrogen-bond donors (Lipinski definition) is 2. The summed E-state index contributed by atoms with van der Waals surface area (Å²) in [7, 11) is -1.37. The molecule has 1 aliphatic heterocycles. The van der Waals surface area contributed by atoms with Gasteiger partial charge in [0.1, 0.15) is 0 Å². The van der Waals surface area contributed by atoms with Gasteiger partial charge in [-0.25, -0.2) is 0 Å². The van der Waals surface area contributed by atoms with E-state index < -0.39 is 7.12 Å². The van der Waals surface area contributed by atoms with E-state index in [4.69, 9.17) is 10.0 Å². The van der Waals surface area contributed by atoms with Gasteiger partial charge in [0, 0.05) is 25.7 Å². The van der Waals surface area contributed by atoms with Crippen LogP contribution in [0.4, 0.5) is 0 Å². The Morgan fingerprint density at radius 3 is 2.40 bits per heavy atom. The van der Waals surface area contributed by atoms with Gasteiger partial charge in [0.25, 0.3) is 0 Å². The second-order valence-electron chi connectivity index (χ2n) is 5.51. The van der Waals surface area contributed by atoms with Gasteiger partial charge >= 0.3 is 7.12 Å². The molecule has 2 N–H and O–H groups in total. The van der Waals surface area contributed by atoms with Crippen LogP contribution in [0, 0.1) is 0 Å². The van der Waals surface area contributed by atoms with E-state index in [2.05, 4.69) is 23.6 Å². The third kappa shape index (κ3) is 3.82. The number of hydrogen-bond acceptors (Lipinski definition) is 4. The molecule has 0 spiro atoms. The highest BCUT2D eigenvalue weighted by molar-refractivity contribution is 6.58. The second kappa shape index (κ2) is 7.22. The highest BCUT2D eigenvalue weighted by atomic mass is 16.4. The molecule has 4 nitrogen and oxygen atoms in total. The first kappa shape index (κ1) is 15.5. The van der Waals surface area contributed by atoms with Crippen molar-refractivity contribution < 1.29 is 10.0 Å². The molecule has 0 amide bonds. The van der Waals surface area contributed by atoms with Crippen molar-refractivity contribution in [2.75, 3.05) is 26.2 Å². The van der Waals surface area contributed by atoms with Gasteiger partial charge < -0.3 is 10.0 Å². The normalized spacial score (nSPS) is 19.8. The first-order valence-electron chi connectivity index (χ1n) is 7.55. The Morgan fingerprint density at radius 2 is 1.85 bits per heavy atom. The molecule has 5 heteroatoms. The Morgan fingerprint density at radius 1 is 1.20 bits per heavy atom. The third-order valence-corrected chi connectivity index (χ3v) is 4.26. The minimum absolute atomic E-state index is 0.552. The van der Waals surface area contributed by atoms with Gasteiger partial charge in [-0.05, 0) is 30.5 Å². The molecular weight excluding hydrogens is 251 g/mol. The van der Waals surface area contributed by atoms with Gasteiger partial charge in [-0.2, -0.15) is 0 Å². The predicted molar refractivity (Wildman–Crippen MR) is 82.9 cm³/mol. The van der Waals surface area contributed by atoms with Crippen molar-refractivity contribution in [3.8, 4) is 0 Å². The van der Waals surface area contributed by atoms with Crippen LogP contribution in [-0.2, 0) is 6.54 Å². The Hall–Kier alpha value is -0.875. The maximum absolute atomic E-state index is 9.09. The first-order chi connectivity index (χ1) is 9.63. The minimum atomic E-state index is -1.37. The zero-order chi connectivity index (χ0) is 14.5. The van der Waals surface area contributed by atoms with Crippen LogP contribution < -0.4 is 5.46 Å². The van der Waals surface area contributed by atoms with Crippen LogP contribution >= 0.6 is 0 Å². The van der Waals surface area contributed by atoms with Gasteiger partial charge in [-0.15, -0.1) is 0 Å². The Balaban J connectivity index is 1.88. The smallest absolute Gasteiger partial charge is 0.423 e. The average molecular weight is 276 g/mol. The quantitative estimate of drug-likeness (QED) is 0.733. The highest BCUT2D eigenvalue weighted by Crippen LogP contribution is 2.17. The second-order valence-corrected chi connectivity index (χ2v) is 5.51. The van der Waals surface area contributed by atoms with Crippen molar-refractivity contribution in [2.24, 2.45) is 0 Å². The van der Waals surface area contributed by atoms with E-state index in [9.17, 15) is 0 Å². The molecule has 1 unspecified atom stereocenters. The molecule has 1 aromatic rings. The fourth-order valence-electron chi connectivity index (χ4n) is 3.05. The Bertz CT molecular complexity index is 407. The summed E-state index contributed by atoms with van der Waals surface area (Å²) in [5.74, 6) is 0. The molecule has 0 saturated carbocycles. The van der Waals surface area contributed by atoms with E-state index in [1.165, 1.54) is 12.0 Å². The summed E-state index contributed by atoms with van der Waals surface area (Å²) in [6.07, 6.45) is 1.25. The molecule has 20 heavy (non-hydrogen) atoms. The number of rotatable bonds is 6. The van der Waals surface area contributed by atoms with E-state index in [0.717, 1.165) is 32.7 Å². The topological polar surface area (TPSA) is 46.9 Å². The lowest BCUT2D eigenvalue weighted by molar-refractivity contribution is 0.209. The van der Waals surface area contributed by atoms with Crippen molar-refractivity contribution in [1.82, 2.24) is 9.80 Å². The monoisotopic (exact) mass is 276 g/mol. The number of benzene rings is 1. The van der Waals surface area contributed by atoms with Gasteiger partial charge in [0.2, 0.25) is 0 Å². The summed E-state index contributed by atoms with van der Waals surface area (Å²) in [6.45, 7) is 9.92. The van der Waals surface area contributed by atoms with E-state index in [-0.39, 0.29) is 0 Å². The van der Waals surface area contributed by atoms with Crippen LogP contribution in [0.3, 0.4) is 0 Å². The summed E-state index contributed by atoms with van der Waals surface area (Å²) in [4.78, 5) is 5.01. The largest absolute Gasteiger partial charge is 0.488 e. The number of nitrogens with zero attached hydrogens (tertiary/aromatic N) is 2. The van der Waals surface area contributed by atoms with Gasteiger partial charge in [0.15, 0.2) is 0 Å². The molecule has 0 aromatic heterocycles. The standard InChI is InChI=1S/C15H25BN2O2/c1-3-18(4-2)15-9-10-17(12-15)11-13-5-7-14(8-6-13)16(19)20/h5-8,15,19-20H,3-4,9-12H2,1-2H3.